The molecule has 0 aliphatic heterocycles. The lowest BCUT2D eigenvalue weighted by Crippen LogP contribution is -2.36. The summed E-state index contributed by atoms with van der Waals surface area (Å²) in [6.45, 7) is 1.63. The van der Waals surface area contributed by atoms with Crippen LogP contribution in [0.1, 0.15) is 12.7 Å². The van der Waals surface area contributed by atoms with Crippen molar-refractivity contribution in [3.63, 3.8) is 0 Å². The molecule has 2 aromatic heterocycles. The first-order valence-corrected chi connectivity index (χ1v) is 6.33. The van der Waals surface area contributed by atoms with Gasteiger partial charge in [0.05, 0.1) is 12.8 Å². The first-order valence-electron chi connectivity index (χ1n) is 6.33. The molecule has 2 rings (SSSR count). The zero-order valence-corrected chi connectivity index (χ0v) is 11.5. The largest absolute Gasteiger partial charge is 0.467 e. The monoisotopic (exact) mass is 292 g/mol. The Hall–Kier alpha value is -2.77. The molecule has 8 heteroatoms. The van der Waals surface area contributed by atoms with E-state index in [0.717, 1.165) is 0 Å². The molecule has 8 nitrogen and oxygen atoms in total. The third-order valence-corrected chi connectivity index (χ3v) is 2.65. The summed E-state index contributed by atoms with van der Waals surface area (Å²) in [7, 11) is 0. The maximum absolute atomic E-state index is 11.8. The SMILES string of the molecule is CC(OC(=O)Cn1ccc(N)n1)C(=O)NCc1ccco1. The lowest BCUT2D eigenvalue weighted by molar-refractivity contribution is -0.155. The van der Waals surface area contributed by atoms with Crippen LogP contribution in [-0.2, 0) is 27.4 Å². The van der Waals surface area contributed by atoms with Crippen LogP contribution in [0.3, 0.4) is 0 Å². The quantitative estimate of drug-likeness (QED) is 0.741. The van der Waals surface area contributed by atoms with Crippen LogP contribution in [0.5, 0.6) is 0 Å². The average molecular weight is 292 g/mol. The van der Waals surface area contributed by atoms with E-state index in [0.29, 0.717) is 11.6 Å². The summed E-state index contributed by atoms with van der Waals surface area (Å²) in [5.74, 6) is -0.0422. The fourth-order valence-electron chi connectivity index (χ4n) is 1.62. The van der Waals surface area contributed by atoms with Crippen molar-refractivity contribution in [3.05, 3.63) is 36.4 Å². The van der Waals surface area contributed by atoms with Crippen LogP contribution < -0.4 is 11.1 Å². The van der Waals surface area contributed by atoms with Gasteiger partial charge in [-0.25, -0.2) is 0 Å². The Kier molecular flexibility index (Phi) is 4.60. The average Bonchev–Trinajstić information content (AvgIpc) is 3.07. The molecule has 0 aromatic carbocycles. The van der Waals surface area contributed by atoms with Crippen molar-refractivity contribution >= 4 is 17.7 Å². The molecule has 1 amide bonds. The van der Waals surface area contributed by atoms with Gasteiger partial charge in [0.15, 0.2) is 6.10 Å². The molecule has 0 saturated carbocycles. The van der Waals surface area contributed by atoms with Crippen LogP contribution in [0.4, 0.5) is 5.82 Å². The Morgan fingerprint density at radius 1 is 1.52 bits per heavy atom. The van der Waals surface area contributed by atoms with Gasteiger partial charge in [0.2, 0.25) is 0 Å². The van der Waals surface area contributed by atoms with E-state index in [2.05, 4.69) is 10.4 Å². The van der Waals surface area contributed by atoms with E-state index in [9.17, 15) is 9.59 Å². The molecular weight excluding hydrogens is 276 g/mol. The van der Waals surface area contributed by atoms with E-state index < -0.39 is 18.0 Å². The lowest BCUT2D eigenvalue weighted by atomic mass is 10.3. The molecule has 21 heavy (non-hydrogen) atoms. The molecule has 0 saturated heterocycles. The minimum absolute atomic E-state index is 0.104. The van der Waals surface area contributed by atoms with Crippen molar-refractivity contribution in [1.29, 1.82) is 0 Å². The van der Waals surface area contributed by atoms with Crippen molar-refractivity contribution < 1.29 is 18.7 Å². The molecule has 0 aliphatic rings. The number of amides is 1. The highest BCUT2D eigenvalue weighted by molar-refractivity contribution is 5.83. The predicted molar refractivity (Wildman–Crippen MR) is 72.7 cm³/mol. The van der Waals surface area contributed by atoms with Gasteiger partial charge in [-0.05, 0) is 25.1 Å². The maximum Gasteiger partial charge on any atom is 0.328 e. The molecule has 1 unspecified atom stereocenters. The number of carbonyl (C=O) groups is 2. The number of ether oxygens (including phenoxy) is 1. The second-order valence-electron chi connectivity index (χ2n) is 4.37. The number of rotatable bonds is 6. The van der Waals surface area contributed by atoms with Gasteiger partial charge in [-0.3, -0.25) is 14.3 Å². The highest BCUT2D eigenvalue weighted by atomic mass is 16.5. The van der Waals surface area contributed by atoms with Gasteiger partial charge in [0.1, 0.15) is 18.1 Å². The number of nitrogens with one attached hydrogen (secondary N) is 1. The van der Waals surface area contributed by atoms with E-state index in [1.54, 1.807) is 24.4 Å². The number of nitrogens with two attached hydrogens (primary N) is 1. The van der Waals surface area contributed by atoms with Gasteiger partial charge >= 0.3 is 5.97 Å². The summed E-state index contributed by atoms with van der Waals surface area (Å²) < 4.78 is 11.4. The van der Waals surface area contributed by atoms with Crippen LogP contribution >= 0.6 is 0 Å². The molecule has 2 aromatic rings. The van der Waals surface area contributed by atoms with E-state index in [1.165, 1.54) is 17.9 Å². The van der Waals surface area contributed by atoms with Gasteiger partial charge in [0.25, 0.3) is 5.91 Å². The number of nitrogen functional groups attached to an aromatic ring is 1. The van der Waals surface area contributed by atoms with Gasteiger partial charge in [-0.2, -0.15) is 5.10 Å². The molecular formula is C13H16N4O4. The highest BCUT2D eigenvalue weighted by Crippen LogP contribution is 2.01. The normalized spacial score (nSPS) is 11.9. The number of esters is 1. The second kappa shape index (κ2) is 6.60. The van der Waals surface area contributed by atoms with Crippen molar-refractivity contribution in [2.24, 2.45) is 0 Å². The van der Waals surface area contributed by atoms with E-state index in [1.807, 2.05) is 0 Å². The number of hydrogen-bond acceptors (Lipinski definition) is 6. The van der Waals surface area contributed by atoms with Crippen molar-refractivity contribution in [1.82, 2.24) is 15.1 Å². The van der Waals surface area contributed by atoms with Crippen molar-refractivity contribution in [2.45, 2.75) is 26.1 Å². The fraction of sp³-hybridized carbons (Fsp3) is 0.308. The van der Waals surface area contributed by atoms with Crippen LogP contribution in [-0.4, -0.2) is 27.8 Å². The number of carbonyl (C=O) groups excluding carboxylic acids is 2. The Balaban J connectivity index is 1.75. The first kappa shape index (κ1) is 14.6. The summed E-state index contributed by atoms with van der Waals surface area (Å²) in [6.07, 6.45) is 2.17. The summed E-state index contributed by atoms with van der Waals surface area (Å²) in [5.41, 5.74) is 5.43. The van der Waals surface area contributed by atoms with Crippen LogP contribution in [0.2, 0.25) is 0 Å². The van der Waals surface area contributed by atoms with Gasteiger partial charge in [-0.15, -0.1) is 0 Å². The number of hydrogen-bond donors (Lipinski definition) is 2. The van der Waals surface area contributed by atoms with Crippen LogP contribution in [0.15, 0.2) is 35.1 Å². The molecule has 0 fully saturated rings. The van der Waals surface area contributed by atoms with E-state index >= 15 is 0 Å². The molecule has 0 radical (unpaired) electrons. The zero-order valence-electron chi connectivity index (χ0n) is 11.5. The van der Waals surface area contributed by atoms with Crippen molar-refractivity contribution in [3.8, 4) is 0 Å². The smallest absolute Gasteiger partial charge is 0.328 e. The topological polar surface area (TPSA) is 112 Å². The number of nitrogens with zero attached hydrogens (tertiary/aromatic N) is 2. The molecule has 2 heterocycles. The van der Waals surface area contributed by atoms with Gasteiger partial charge in [0, 0.05) is 6.20 Å². The second-order valence-corrected chi connectivity index (χ2v) is 4.37. The first-order chi connectivity index (χ1) is 10.0. The Morgan fingerprint density at radius 3 is 2.95 bits per heavy atom. The molecule has 1 atom stereocenters. The summed E-state index contributed by atoms with van der Waals surface area (Å²) in [5, 5.41) is 6.46. The fourth-order valence-corrected chi connectivity index (χ4v) is 1.62. The summed E-state index contributed by atoms with van der Waals surface area (Å²) >= 11 is 0. The minimum atomic E-state index is -0.902. The maximum atomic E-state index is 11.8. The number of aromatic nitrogens is 2. The zero-order chi connectivity index (χ0) is 15.2. The van der Waals surface area contributed by atoms with Crippen LogP contribution in [0.25, 0.3) is 0 Å². The number of anilines is 1. The predicted octanol–water partition coefficient (Wildman–Crippen LogP) is 0.306. The standard InChI is InChI=1S/C13H16N4O4/c1-9(13(19)15-7-10-3-2-6-20-10)21-12(18)8-17-5-4-11(14)16-17/h2-6,9H,7-8H2,1H3,(H2,14,16)(H,15,19). The van der Waals surface area contributed by atoms with Gasteiger partial charge in [-0.1, -0.05) is 0 Å². The third-order valence-electron chi connectivity index (χ3n) is 2.65. The van der Waals surface area contributed by atoms with E-state index in [4.69, 9.17) is 14.9 Å². The minimum Gasteiger partial charge on any atom is -0.467 e. The van der Waals surface area contributed by atoms with E-state index in [-0.39, 0.29) is 13.1 Å². The Bertz CT molecular complexity index is 605. The van der Waals surface area contributed by atoms with Gasteiger partial charge < -0.3 is 20.2 Å². The molecule has 0 aliphatic carbocycles. The molecule has 0 bridgehead atoms. The lowest BCUT2D eigenvalue weighted by Gasteiger charge is -2.12. The summed E-state index contributed by atoms with van der Waals surface area (Å²) in [4.78, 5) is 23.4. The highest BCUT2D eigenvalue weighted by Gasteiger charge is 2.18. The van der Waals surface area contributed by atoms with Crippen LogP contribution in [0, 0.1) is 0 Å². The summed E-state index contributed by atoms with van der Waals surface area (Å²) in [6, 6.07) is 5.02. The molecule has 0 spiro atoms. The number of furan rings is 1. The molecule has 3 N–H and O–H groups in total. The Labute approximate surface area is 120 Å². The van der Waals surface area contributed by atoms with Crippen molar-refractivity contribution in [2.75, 3.05) is 5.73 Å². The third kappa shape index (κ3) is 4.37. The molecule has 112 valence electrons. The Morgan fingerprint density at radius 2 is 2.33 bits per heavy atom.